The molecule has 2 saturated heterocycles. The van der Waals surface area contributed by atoms with Gasteiger partial charge in [0.15, 0.2) is 5.65 Å². The molecule has 2 fully saturated rings. The summed E-state index contributed by atoms with van der Waals surface area (Å²) in [5, 5.41) is 0. The zero-order valence-electron chi connectivity index (χ0n) is 19.0. The summed E-state index contributed by atoms with van der Waals surface area (Å²) in [4.78, 5) is 22.5. The molecule has 0 bridgehead atoms. The van der Waals surface area contributed by atoms with Gasteiger partial charge < -0.3 is 9.47 Å². The van der Waals surface area contributed by atoms with Gasteiger partial charge in [-0.3, -0.25) is 9.20 Å². The van der Waals surface area contributed by atoms with Gasteiger partial charge in [-0.15, -0.1) is 0 Å². The second-order valence-electron chi connectivity index (χ2n) is 9.50. The van der Waals surface area contributed by atoms with Gasteiger partial charge in [0.2, 0.25) is 0 Å². The molecule has 3 atom stereocenters. The van der Waals surface area contributed by atoms with E-state index in [0.29, 0.717) is 30.2 Å². The molecule has 8 heteroatoms. The summed E-state index contributed by atoms with van der Waals surface area (Å²) in [7, 11) is 0. The SMILES string of the molecule is Cc1nc2c(-c3ccc(F)cc3F)nc([C@H]3CCO[C@@H](C4(C)CCOC4)C3)cn2c(=O)c1C. The standard InChI is InChI=1S/C25H27F2N3O3/c1-14-15(2)28-23-22(18-5-4-17(26)11-19(18)27)29-20(12-30(23)24(14)31)16-6-8-33-21(10-16)25(3)7-9-32-13-25/h4-5,11-12,16,21H,6-10,13H2,1-3H3/t16-,21+,25?/m0/s1. The summed E-state index contributed by atoms with van der Waals surface area (Å²) in [6.45, 7) is 7.60. The Hall–Kier alpha value is -2.71. The Balaban J connectivity index is 1.66. The first-order chi connectivity index (χ1) is 15.8. The van der Waals surface area contributed by atoms with Crippen molar-refractivity contribution in [3.05, 3.63) is 63.3 Å². The summed E-state index contributed by atoms with van der Waals surface area (Å²) < 4.78 is 41.6. The molecule has 4 heterocycles. The molecule has 2 aliphatic rings. The molecular weight excluding hydrogens is 428 g/mol. The number of hydrogen-bond donors (Lipinski definition) is 0. The second kappa shape index (κ2) is 8.25. The van der Waals surface area contributed by atoms with Crippen molar-refractivity contribution >= 4 is 5.65 Å². The van der Waals surface area contributed by atoms with Crippen LogP contribution in [0, 0.1) is 30.9 Å². The van der Waals surface area contributed by atoms with Crippen LogP contribution in [-0.4, -0.2) is 40.3 Å². The Morgan fingerprint density at radius 3 is 2.73 bits per heavy atom. The van der Waals surface area contributed by atoms with Gasteiger partial charge in [0.1, 0.15) is 17.3 Å². The van der Waals surface area contributed by atoms with Crippen LogP contribution in [0.2, 0.25) is 0 Å². The van der Waals surface area contributed by atoms with Crippen LogP contribution < -0.4 is 5.56 Å². The van der Waals surface area contributed by atoms with Crippen molar-refractivity contribution in [1.29, 1.82) is 0 Å². The van der Waals surface area contributed by atoms with E-state index in [1.54, 1.807) is 20.0 Å². The average Bonchev–Trinajstić information content (AvgIpc) is 3.25. The lowest BCUT2D eigenvalue weighted by molar-refractivity contribution is -0.0702. The molecule has 1 unspecified atom stereocenters. The molecule has 0 N–H and O–H groups in total. The molecule has 5 rings (SSSR count). The van der Waals surface area contributed by atoms with Crippen molar-refractivity contribution in [3.63, 3.8) is 0 Å². The Kier molecular flexibility index (Phi) is 5.53. The predicted octanol–water partition coefficient (Wildman–Crippen LogP) is 4.34. The number of aromatic nitrogens is 3. The lowest BCUT2D eigenvalue weighted by atomic mass is 9.77. The zero-order valence-corrected chi connectivity index (χ0v) is 19.0. The topological polar surface area (TPSA) is 65.7 Å². The van der Waals surface area contributed by atoms with Gasteiger partial charge in [-0.2, -0.15) is 0 Å². The Bertz CT molecular complexity index is 1280. The van der Waals surface area contributed by atoms with Crippen LogP contribution >= 0.6 is 0 Å². The second-order valence-corrected chi connectivity index (χ2v) is 9.50. The van der Waals surface area contributed by atoms with E-state index < -0.39 is 11.6 Å². The molecule has 174 valence electrons. The van der Waals surface area contributed by atoms with Crippen molar-refractivity contribution in [2.75, 3.05) is 19.8 Å². The quantitative estimate of drug-likeness (QED) is 0.588. The van der Waals surface area contributed by atoms with Crippen molar-refractivity contribution in [2.24, 2.45) is 5.41 Å². The summed E-state index contributed by atoms with van der Waals surface area (Å²) in [5.41, 5.74) is 2.10. The van der Waals surface area contributed by atoms with E-state index in [9.17, 15) is 13.6 Å². The molecule has 6 nitrogen and oxygen atoms in total. The fraction of sp³-hybridized carbons (Fsp3) is 0.480. The number of aryl methyl sites for hydroxylation is 1. The van der Waals surface area contributed by atoms with Gasteiger partial charge in [-0.25, -0.2) is 18.7 Å². The van der Waals surface area contributed by atoms with Crippen LogP contribution in [0.3, 0.4) is 0 Å². The van der Waals surface area contributed by atoms with E-state index in [1.165, 1.54) is 16.5 Å². The van der Waals surface area contributed by atoms with E-state index in [1.807, 2.05) is 0 Å². The maximum atomic E-state index is 14.8. The van der Waals surface area contributed by atoms with Crippen LogP contribution in [0.25, 0.3) is 16.9 Å². The largest absolute Gasteiger partial charge is 0.381 e. The van der Waals surface area contributed by atoms with Crippen LogP contribution in [0.4, 0.5) is 8.78 Å². The number of nitrogens with zero attached hydrogens (tertiary/aromatic N) is 3. The van der Waals surface area contributed by atoms with E-state index in [-0.39, 0.29) is 39.9 Å². The first kappa shape index (κ1) is 22.1. The number of hydrogen-bond acceptors (Lipinski definition) is 5. The average molecular weight is 456 g/mol. The number of halogens is 2. The minimum atomic E-state index is -0.741. The van der Waals surface area contributed by atoms with Crippen LogP contribution in [0.1, 0.15) is 49.1 Å². The van der Waals surface area contributed by atoms with Gasteiger partial charge in [0.25, 0.3) is 5.56 Å². The van der Waals surface area contributed by atoms with E-state index >= 15 is 0 Å². The molecule has 0 amide bonds. The summed E-state index contributed by atoms with van der Waals surface area (Å²) in [5.74, 6) is -1.39. The van der Waals surface area contributed by atoms with E-state index in [4.69, 9.17) is 14.5 Å². The van der Waals surface area contributed by atoms with Gasteiger partial charge >= 0.3 is 0 Å². The Labute approximate surface area is 190 Å². The molecule has 33 heavy (non-hydrogen) atoms. The molecule has 0 saturated carbocycles. The number of fused-ring (bicyclic) bond motifs is 1. The number of ether oxygens (including phenoxy) is 2. The third-order valence-corrected chi connectivity index (χ3v) is 7.21. The van der Waals surface area contributed by atoms with Gasteiger partial charge in [0.05, 0.1) is 18.4 Å². The van der Waals surface area contributed by atoms with Gasteiger partial charge in [-0.05, 0) is 45.2 Å². The summed E-state index contributed by atoms with van der Waals surface area (Å²) >= 11 is 0. The van der Waals surface area contributed by atoms with Gasteiger partial charge in [-0.1, -0.05) is 6.92 Å². The molecule has 0 spiro atoms. The summed E-state index contributed by atoms with van der Waals surface area (Å²) in [6.07, 6.45) is 4.14. The molecule has 0 radical (unpaired) electrons. The lowest BCUT2D eigenvalue weighted by Gasteiger charge is -2.38. The van der Waals surface area contributed by atoms with Crippen molar-refractivity contribution in [1.82, 2.24) is 14.4 Å². The van der Waals surface area contributed by atoms with Crippen LogP contribution in [-0.2, 0) is 9.47 Å². The molecule has 0 aliphatic carbocycles. The monoisotopic (exact) mass is 455 g/mol. The molecule has 3 aromatic rings. The predicted molar refractivity (Wildman–Crippen MR) is 119 cm³/mol. The van der Waals surface area contributed by atoms with Crippen molar-refractivity contribution in [3.8, 4) is 11.3 Å². The molecule has 1 aromatic carbocycles. The first-order valence-electron chi connectivity index (χ1n) is 11.3. The van der Waals surface area contributed by atoms with E-state index in [0.717, 1.165) is 31.9 Å². The number of rotatable bonds is 3. The minimum Gasteiger partial charge on any atom is -0.381 e. The van der Waals surface area contributed by atoms with Crippen molar-refractivity contribution < 1.29 is 18.3 Å². The maximum Gasteiger partial charge on any atom is 0.261 e. The van der Waals surface area contributed by atoms with Crippen LogP contribution in [0.15, 0.2) is 29.2 Å². The summed E-state index contributed by atoms with van der Waals surface area (Å²) in [6, 6.07) is 3.36. The zero-order chi connectivity index (χ0) is 23.3. The third kappa shape index (κ3) is 3.85. The number of benzene rings is 1. The highest BCUT2D eigenvalue weighted by molar-refractivity contribution is 5.74. The smallest absolute Gasteiger partial charge is 0.261 e. The Morgan fingerprint density at radius 1 is 1.18 bits per heavy atom. The first-order valence-corrected chi connectivity index (χ1v) is 11.3. The highest BCUT2D eigenvalue weighted by Crippen LogP contribution is 2.42. The minimum absolute atomic E-state index is 0.0110. The van der Waals surface area contributed by atoms with E-state index in [2.05, 4.69) is 11.9 Å². The molecule has 2 aliphatic heterocycles. The Morgan fingerprint density at radius 2 is 2.00 bits per heavy atom. The lowest BCUT2D eigenvalue weighted by Crippen LogP contribution is -2.39. The fourth-order valence-electron chi connectivity index (χ4n) is 4.90. The molecule has 2 aromatic heterocycles. The third-order valence-electron chi connectivity index (χ3n) is 7.21. The maximum absolute atomic E-state index is 14.8. The highest BCUT2D eigenvalue weighted by Gasteiger charge is 2.42. The van der Waals surface area contributed by atoms with Crippen molar-refractivity contribution in [2.45, 2.75) is 52.1 Å². The van der Waals surface area contributed by atoms with Gasteiger partial charge in [0, 0.05) is 53.6 Å². The highest BCUT2D eigenvalue weighted by atomic mass is 19.1. The van der Waals surface area contributed by atoms with Crippen LogP contribution in [0.5, 0.6) is 0 Å². The normalized spacial score (nSPS) is 25.6. The molecular formula is C25H27F2N3O3. The fourth-order valence-corrected chi connectivity index (χ4v) is 4.90.